The van der Waals surface area contributed by atoms with Crippen LogP contribution in [0.2, 0.25) is 0 Å². The van der Waals surface area contributed by atoms with Crippen LogP contribution in [-0.2, 0) is 82.8 Å². The second-order valence-corrected chi connectivity index (χ2v) is 30.6. The van der Waals surface area contributed by atoms with Crippen molar-refractivity contribution in [2.45, 2.75) is 212 Å². The molecule has 590 valence electrons. The Labute approximate surface area is 619 Å². The van der Waals surface area contributed by atoms with Gasteiger partial charge in [-0.15, -0.1) is 0 Å². The average molecular weight is 1500 g/mol. The Balaban J connectivity index is 0.738. The Morgan fingerprint density at radius 1 is 0.764 bits per heavy atom. The number of anilines is 1. The number of hydrogen-bond donors (Lipinski definition) is 9. The highest BCUT2D eigenvalue weighted by Crippen LogP contribution is 2.72. The largest absolute Gasteiger partial charge is 0.456 e. The van der Waals surface area contributed by atoms with Crippen LogP contribution in [0.3, 0.4) is 0 Å². The number of halogens is 2. The van der Waals surface area contributed by atoms with Gasteiger partial charge in [0.2, 0.25) is 29.4 Å². The summed E-state index contributed by atoms with van der Waals surface area (Å²) in [7, 11) is 0. The molecule has 0 aromatic heterocycles. The molecule has 106 heavy (non-hydrogen) atoms. The zero-order valence-corrected chi connectivity index (χ0v) is 62.7. The van der Waals surface area contributed by atoms with Crippen molar-refractivity contribution in [3.8, 4) is 0 Å². The summed E-state index contributed by atoms with van der Waals surface area (Å²) in [5.74, 6) is -5.38. The number of rotatable bonds is 40. The minimum absolute atomic E-state index is 0.0426. The molecule has 8 amide bonds. The molecule has 7 aliphatic rings. The van der Waals surface area contributed by atoms with Crippen molar-refractivity contribution >= 4 is 65.1 Å². The lowest BCUT2D eigenvalue weighted by atomic mass is 9.44. The van der Waals surface area contributed by atoms with Crippen LogP contribution >= 0.6 is 0 Å². The van der Waals surface area contributed by atoms with Crippen LogP contribution in [0.4, 0.5) is 28.9 Å². The van der Waals surface area contributed by atoms with Crippen molar-refractivity contribution in [1.82, 2.24) is 31.9 Å². The number of nitrogens with two attached hydrogens (primary N) is 1. The maximum absolute atomic E-state index is 18.1. The summed E-state index contributed by atoms with van der Waals surface area (Å²) in [6.07, 6.45) is 6.62. The van der Waals surface area contributed by atoms with Gasteiger partial charge in [-0.2, -0.15) is 0 Å². The third kappa shape index (κ3) is 20.8. The van der Waals surface area contributed by atoms with E-state index in [0.29, 0.717) is 88.0 Å². The van der Waals surface area contributed by atoms with Crippen molar-refractivity contribution < 1.29 is 104 Å². The molecule has 0 bridgehead atoms. The first-order chi connectivity index (χ1) is 50.4. The number of fused-ring (bicyclic) bond motifs is 8. The van der Waals surface area contributed by atoms with Gasteiger partial charge in [0, 0.05) is 41.9 Å². The Morgan fingerprint density at radius 2 is 1.42 bits per heavy atom. The van der Waals surface area contributed by atoms with Crippen molar-refractivity contribution in [2.75, 3.05) is 84.5 Å². The molecule has 8 rings (SSSR count). The van der Waals surface area contributed by atoms with Gasteiger partial charge >= 0.3 is 24.2 Å². The first-order valence-electron chi connectivity index (χ1n) is 37.5. The molecule has 1 saturated heterocycles. The van der Waals surface area contributed by atoms with E-state index in [1.807, 2.05) is 20.8 Å². The highest BCUT2D eigenvalue weighted by Gasteiger charge is 2.80. The van der Waals surface area contributed by atoms with Crippen LogP contribution in [-0.4, -0.2) is 203 Å². The second kappa shape index (κ2) is 38.1. The molecule has 2 unspecified atom stereocenters. The van der Waals surface area contributed by atoms with E-state index >= 15 is 8.78 Å². The van der Waals surface area contributed by atoms with Gasteiger partial charge < -0.3 is 90.7 Å². The third-order valence-electron chi connectivity index (χ3n) is 21.9. The maximum atomic E-state index is 18.1. The number of Topliss-reactive ketones (excluding diaryl/α,β-unsaturated/α-hetero) is 1. The van der Waals surface area contributed by atoms with E-state index in [0.717, 1.165) is 31.8 Å². The van der Waals surface area contributed by atoms with Crippen LogP contribution in [0.25, 0.3) is 0 Å². The number of ketones is 2. The smallest absolute Gasteiger partial charge is 0.408 e. The van der Waals surface area contributed by atoms with Crippen molar-refractivity contribution in [2.24, 2.45) is 58.0 Å². The van der Waals surface area contributed by atoms with E-state index in [2.05, 4.69) is 49.4 Å². The number of esters is 1. The molecular formula is C76H112F2N8O20. The topological polar surface area (TPSA) is 384 Å². The number of primary amides is 1. The van der Waals surface area contributed by atoms with Gasteiger partial charge in [-0.1, -0.05) is 78.3 Å². The molecule has 30 heteroatoms. The predicted octanol–water partition coefficient (Wildman–Crippen LogP) is 6.73. The van der Waals surface area contributed by atoms with E-state index in [9.17, 15) is 53.1 Å². The van der Waals surface area contributed by atoms with Crippen molar-refractivity contribution in [3.63, 3.8) is 0 Å². The molecule has 0 spiro atoms. The van der Waals surface area contributed by atoms with Crippen LogP contribution in [0.1, 0.15) is 151 Å². The number of aliphatic hydroxyl groups excluding tert-OH is 1. The van der Waals surface area contributed by atoms with Crippen molar-refractivity contribution in [3.05, 3.63) is 65.8 Å². The summed E-state index contributed by atoms with van der Waals surface area (Å²) < 4.78 is 86.1. The van der Waals surface area contributed by atoms with Crippen LogP contribution < -0.4 is 43.0 Å². The molecule has 5 fully saturated rings. The molecule has 1 aromatic rings. The van der Waals surface area contributed by atoms with E-state index in [4.69, 9.17) is 48.4 Å². The molecule has 1 aromatic carbocycles. The Hall–Kier alpha value is -7.48. The quantitative estimate of drug-likeness (QED) is 0.0142. The van der Waals surface area contributed by atoms with Gasteiger partial charge in [-0.25, -0.2) is 28.0 Å². The predicted molar refractivity (Wildman–Crippen MR) is 382 cm³/mol. The zero-order valence-electron chi connectivity index (χ0n) is 62.7. The van der Waals surface area contributed by atoms with Crippen molar-refractivity contribution in [1.29, 1.82) is 0 Å². The van der Waals surface area contributed by atoms with E-state index in [-0.39, 0.29) is 89.4 Å². The van der Waals surface area contributed by atoms with E-state index in [1.54, 1.807) is 32.9 Å². The minimum atomic E-state index is -2.43. The number of benzene rings is 1. The Kier molecular flexibility index (Phi) is 30.2. The fourth-order valence-electron chi connectivity index (χ4n) is 16.3. The lowest BCUT2D eigenvalue weighted by molar-refractivity contribution is -0.235. The number of nitrogens with one attached hydrogen (secondary N) is 7. The normalized spacial score (nSPS) is 28.5. The monoisotopic (exact) mass is 1490 g/mol. The number of amides is 8. The summed E-state index contributed by atoms with van der Waals surface area (Å²) in [5, 5.41) is 30.6. The first kappa shape index (κ1) is 84.1. The number of alkyl halides is 2. The van der Waals surface area contributed by atoms with E-state index in [1.165, 1.54) is 45.1 Å². The summed E-state index contributed by atoms with van der Waals surface area (Å²) in [4.78, 5) is 133. The number of hydrogen-bond acceptors (Lipinski definition) is 20. The number of carbonyl (C=O) groups is 10. The molecule has 10 N–H and O–H groups in total. The van der Waals surface area contributed by atoms with Gasteiger partial charge in [0.1, 0.15) is 36.4 Å². The molecule has 16 atom stereocenters. The molecule has 6 aliphatic carbocycles. The molecule has 28 nitrogen and oxygen atoms in total. The second-order valence-electron chi connectivity index (χ2n) is 30.6. The number of urea groups is 1. The van der Waals surface area contributed by atoms with Gasteiger partial charge in [0.25, 0.3) is 0 Å². The third-order valence-corrected chi connectivity index (χ3v) is 21.9. The Morgan fingerprint density at radius 3 is 2.05 bits per heavy atom. The lowest BCUT2D eigenvalue weighted by Gasteiger charge is -2.63. The maximum Gasteiger partial charge on any atom is 0.408 e. The highest BCUT2D eigenvalue weighted by atomic mass is 19.1. The summed E-state index contributed by atoms with van der Waals surface area (Å²) in [5.41, 5.74) is -3.12. The Bertz CT molecular complexity index is 3320. The molecular weight excluding hydrogens is 1380 g/mol. The minimum Gasteiger partial charge on any atom is -0.456 e. The summed E-state index contributed by atoms with van der Waals surface area (Å²) in [6, 6.07) is 2.03. The molecule has 1 heterocycles. The zero-order chi connectivity index (χ0) is 77.2. The molecule has 0 radical (unpaired) electrons. The highest BCUT2D eigenvalue weighted by molar-refractivity contribution is 6.02. The SMILES string of the molecule is CCCC1O[C@@H]2C[C@H]3[C@@H]4C[C@H](F)C5=CC(=O)C=C[C@]5(C)[C@@]4(F)[C@@H](O)C[C@]3(C)[C@]2(C(=O)COC(=O)C(C)(C)NC(=O)[C@H](CC(C)C)NC(=O)OCc2ccc(NC(=O)[C@H](CCCNC(N)=O)NC(=O)[C@@H](NC(=O)CCOCCOCCOCCOCCNC(=O)OCC3[C@H]4CCC=CCC[C@@H]34)C(C)C)cc2)O1. The van der Waals surface area contributed by atoms with Gasteiger partial charge in [-0.05, 0) is 162 Å². The van der Waals surface area contributed by atoms with Gasteiger partial charge in [0.15, 0.2) is 29.9 Å². The summed E-state index contributed by atoms with van der Waals surface area (Å²) >= 11 is 0. The standard InChI is InChI=1S/C76H112F2N8O20/c1-10-16-63-105-61-40-53-54-39-56(77)55-38-49(87)24-26-73(55,8)75(54,78)59(88)41-74(53,9)76(61,106-63)60(89)44-102-68(94)72(6,7)86-66(92)58(37-45(2)3)84-71(97)103-42-47-20-22-48(23-21-47)82-65(91)57(19-15-27-80-69(79)95)83-67(93)64(46(4)5)85-62(90)25-29-98-31-33-100-35-36-101-34-32-99-30-28-81-70(96)104-43-52-50-17-13-11-12-14-18-51(50)52/h11-12,20-24,26,38,45-46,50-54,56-59,61,63-64,88H,10,13-19,25,27-37,39-44H2,1-9H3,(H,81,96)(H,82,91)(H,83,93)(H,84,97)(H,85,90)(H,86,92)(H3,79,80,95)/t50-,51+,52?,53-,54-,56-,57-,58-,59-,61+,63?,64-,73-,74-,75-,76+/m0/s1. The van der Waals surface area contributed by atoms with Gasteiger partial charge in [0.05, 0.1) is 71.7 Å². The van der Waals surface area contributed by atoms with E-state index < -0.39 is 154 Å². The number of carbonyl (C=O) groups excluding carboxylic acids is 10. The van der Waals surface area contributed by atoms with Crippen LogP contribution in [0.15, 0.2) is 60.2 Å². The number of ether oxygens (including phenoxy) is 9. The van der Waals surface area contributed by atoms with Gasteiger partial charge in [-0.3, -0.25) is 28.8 Å². The fraction of sp³-hybridized carbons (Fsp3) is 0.711. The number of alkyl carbamates (subject to hydrolysis) is 2. The molecule has 4 saturated carbocycles. The number of allylic oxidation sites excluding steroid dienone is 6. The van der Waals surface area contributed by atoms with Crippen LogP contribution in [0.5, 0.6) is 0 Å². The average Bonchev–Trinajstić information content (AvgIpc) is 1.43. The van der Waals surface area contributed by atoms with Crippen LogP contribution in [0, 0.1) is 52.3 Å². The first-order valence-corrected chi connectivity index (χ1v) is 37.5. The summed E-state index contributed by atoms with van der Waals surface area (Å²) in [6.45, 7) is 16.7. The number of aliphatic hydroxyl groups is 1. The lowest BCUT2D eigenvalue weighted by Crippen LogP contribution is -2.71. The fourth-order valence-corrected chi connectivity index (χ4v) is 16.3. The molecule has 1 aliphatic heterocycles.